The van der Waals surface area contributed by atoms with Gasteiger partial charge in [0, 0.05) is 5.56 Å². The van der Waals surface area contributed by atoms with Crippen LogP contribution in [0.3, 0.4) is 0 Å². The molecule has 0 bridgehead atoms. The Morgan fingerprint density at radius 1 is 1.36 bits per heavy atom. The molecule has 0 spiro atoms. The van der Waals surface area contributed by atoms with E-state index in [1.54, 1.807) is 0 Å². The highest BCUT2D eigenvalue weighted by Gasteiger charge is 1.95. The SMILES string of the molecule is [C-]#[N+]Cc1cccc(CO)c1. The predicted molar refractivity (Wildman–Crippen MR) is 42.7 cm³/mol. The number of hydrogen-bond donors (Lipinski definition) is 1. The van der Waals surface area contributed by atoms with Crippen LogP contribution in [0.4, 0.5) is 0 Å². The molecule has 2 heteroatoms. The fourth-order valence-electron chi connectivity index (χ4n) is 0.918. The molecule has 0 saturated heterocycles. The third-order valence-corrected chi connectivity index (χ3v) is 1.44. The number of hydrogen-bond acceptors (Lipinski definition) is 1. The summed E-state index contributed by atoms with van der Waals surface area (Å²) in [5.41, 5.74) is 1.83. The predicted octanol–water partition coefficient (Wildman–Crippen LogP) is 1.60. The lowest BCUT2D eigenvalue weighted by Crippen LogP contribution is -1.85. The van der Waals surface area contributed by atoms with Gasteiger partial charge in [0.25, 0.3) is 0 Å². The van der Waals surface area contributed by atoms with Crippen LogP contribution >= 0.6 is 0 Å². The Balaban J connectivity index is 2.84. The van der Waals surface area contributed by atoms with Crippen LogP contribution in [0, 0.1) is 6.57 Å². The lowest BCUT2D eigenvalue weighted by atomic mass is 10.1. The van der Waals surface area contributed by atoms with Crippen molar-refractivity contribution in [3.8, 4) is 0 Å². The average molecular weight is 147 g/mol. The van der Waals surface area contributed by atoms with E-state index in [0.29, 0.717) is 6.54 Å². The molecule has 1 rings (SSSR count). The second-order valence-electron chi connectivity index (χ2n) is 2.29. The molecule has 11 heavy (non-hydrogen) atoms. The molecule has 1 aromatic rings. The third-order valence-electron chi connectivity index (χ3n) is 1.44. The van der Waals surface area contributed by atoms with E-state index >= 15 is 0 Å². The van der Waals surface area contributed by atoms with Gasteiger partial charge in [0.2, 0.25) is 6.54 Å². The molecule has 0 aliphatic rings. The van der Waals surface area contributed by atoms with E-state index in [-0.39, 0.29) is 6.61 Å². The number of aliphatic hydroxyl groups is 1. The molecular weight excluding hydrogens is 138 g/mol. The van der Waals surface area contributed by atoms with Crippen LogP contribution in [-0.2, 0) is 13.2 Å². The van der Waals surface area contributed by atoms with E-state index in [9.17, 15) is 0 Å². The van der Waals surface area contributed by atoms with Crippen molar-refractivity contribution < 1.29 is 5.11 Å². The highest BCUT2D eigenvalue weighted by atomic mass is 16.3. The first kappa shape index (κ1) is 7.77. The van der Waals surface area contributed by atoms with Gasteiger partial charge in [0.05, 0.1) is 6.61 Å². The van der Waals surface area contributed by atoms with Crippen LogP contribution in [0.5, 0.6) is 0 Å². The van der Waals surface area contributed by atoms with Crippen molar-refractivity contribution in [3.05, 3.63) is 46.8 Å². The van der Waals surface area contributed by atoms with Crippen molar-refractivity contribution in [3.63, 3.8) is 0 Å². The van der Waals surface area contributed by atoms with Gasteiger partial charge in [-0.2, -0.15) is 0 Å². The van der Waals surface area contributed by atoms with Crippen molar-refractivity contribution >= 4 is 0 Å². The molecule has 0 amide bonds. The Labute approximate surface area is 65.9 Å². The summed E-state index contributed by atoms with van der Waals surface area (Å²) >= 11 is 0. The third kappa shape index (κ3) is 2.06. The maximum absolute atomic E-state index is 8.75. The Bertz CT molecular complexity index is 275. The zero-order valence-electron chi connectivity index (χ0n) is 6.12. The van der Waals surface area contributed by atoms with Crippen LogP contribution in [0.15, 0.2) is 24.3 Å². The second kappa shape index (κ2) is 3.75. The maximum atomic E-state index is 8.75. The van der Waals surface area contributed by atoms with E-state index < -0.39 is 0 Å². The van der Waals surface area contributed by atoms with Crippen molar-refractivity contribution in [2.75, 3.05) is 0 Å². The van der Waals surface area contributed by atoms with E-state index in [2.05, 4.69) is 4.85 Å². The smallest absolute Gasteiger partial charge is 0.239 e. The van der Waals surface area contributed by atoms with E-state index in [4.69, 9.17) is 11.7 Å². The van der Waals surface area contributed by atoms with Crippen LogP contribution in [-0.4, -0.2) is 5.11 Å². The zero-order chi connectivity index (χ0) is 8.10. The van der Waals surface area contributed by atoms with Crippen molar-refractivity contribution in [1.82, 2.24) is 0 Å². The Kier molecular flexibility index (Phi) is 2.65. The molecule has 0 heterocycles. The molecule has 1 N–H and O–H groups in total. The minimum absolute atomic E-state index is 0.0475. The number of nitrogens with zero attached hydrogens (tertiary/aromatic N) is 1. The zero-order valence-corrected chi connectivity index (χ0v) is 6.12. The number of rotatable bonds is 2. The van der Waals surface area contributed by atoms with Gasteiger partial charge in [0.1, 0.15) is 0 Å². The van der Waals surface area contributed by atoms with Crippen LogP contribution < -0.4 is 0 Å². The standard InChI is InChI=1S/C9H9NO/c1-10-6-8-3-2-4-9(5-8)7-11/h2-5,11H,6-7H2. The van der Waals surface area contributed by atoms with Gasteiger partial charge < -0.3 is 9.95 Å². The lowest BCUT2D eigenvalue weighted by Gasteiger charge is -1.95. The minimum Gasteiger partial charge on any atom is -0.392 e. The molecule has 1 aromatic carbocycles. The first-order valence-corrected chi connectivity index (χ1v) is 3.38. The molecule has 0 unspecified atom stereocenters. The fourth-order valence-corrected chi connectivity index (χ4v) is 0.918. The average Bonchev–Trinajstić information content (AvgIpc) is 2.06. The summed E-state index contributed by atoms with van der Waals surface area (Å²) in [5.74, 6) is 0. The van der Waals surface area contributed by atoms with Gasteiger partial charge in [-0.15, -0.1) is 0 Å². The van der Waals surface area contributed by atoms with Crippen LogP contribution in [0.25, 0.3) is 4.85 Å². The molecule has 2 nitrogen and oxygen atoms in total. The maximum Gasteiger partial charge on any atom is 0.239 e. The summed E-state index contributed by atoms with van der Waals surface area (Å²) in [5, 5.41) is 8.75. The highest BCUT2D eigenvalue weighted by Crippen LogP contribution is 2.05. The molecule has 0 radical (unpaired) electrons. The number of benzene rings is 1. The molecule has 56 valence electrons. The summed E-state index contributed by atoms with van der Waals surface area (Å²) in [6, 6.07) is 7.43. The molecule has 0 aromatic heterocycles. The minimum atomic E-state index is 0.0475. The summed E-state index contributed by atoms with van der Waals surface area (Å²) in [7, 11) is 0. The summed E-state index contributed by atoms with van der Waals surface area (Å²) < 4.78 is 0. The van der Waals surface area contributed by atoms with Gasteiger partial charge in [0.15, 0.2) is 0 Å². The van der Waals surface area contributed by atoms with E-state index in [0.717, 1.165) is 11.1 Å². The molecule has 0 aliphatic carbocycles. The van der Waals surface area contributed by atoms with Gasteiger partial charge in [-0.05, 0) is 11.6 Å². The Morgan fingerprint density at radius 3 is 2.73 bits per heavy atom. The first-order valence-electron chi connectivity index (χ1n) is 3.38. The molecular formula is C9H9NO. The molecule has 0 saturated carbocycles. The van der Waals surface area contributed by atoms with Crippen molar-refractivity contribution in [2.24, 2.45) is 0 Å². The van der Waals surface area contributed by atoms with Crippen LogP contribution in [0.1, 0.15) is 11.1 Å². The van der Waals surface area contributed by atoms with Crippen molar-refractivity contribution in [2.45, 2.75) is 13.2 Å². The summed E-state index contributed by atoms with van der Waals surface area (Å²) in [4.78, 5) is 3.25. The molecule has 0 atom stereocenters. The summed E-state index contributed by atoms with van der Waals surface area (Å²) in [6.07, 6.45) is 0. The normalized spacial score (nSPS) is 9.09. The quantitative estimate of drug-likeness (QED) is 0.631. The Morgan fingerprint density at radius 2 is 2.09 bits per heavy atom. The summed E-state index contributed by atoms with van der Waals surface area (Å²) in [6.45, 7) is 7.07. The van der Waals surface area contributed by atoms with Crippen LogP contribution in [0.2, 0.25) is 0 Å². The van der Waals surface area contributed by atoms with E-state index in [1.807, 2.05) is 24.3 Å². The fraction of sp³-hybridized carbons (Fsp3) is 0.222. The monoisotopic (exact) mass is 147 g/mol. The van der Waals surface area contributed by atoms with Gasteiger partial charge >= 0.3 is 0 Å². The molecule has 0 fully saturated rings. The van der Waals surface area contributed by atoms with E-state index in [1.165, 1.54) is 0 Å². The first-order chi connectivity index (χ1) is 5.36. The second-order valence-corrected chi connectivity index (χ2v) is 2.29. The highest BCUT2D eigenvalue weighted by molar-refractivity contribution is 5.23. The lowest BCUT2D eigenvalue weighted by molar-refractivity contribution is 0.282. The van der Waals surface area contributed by atoms with Crippen molar-refractivity contribution in [1.29, 1.82) is 0 Å². The molecule has 0 aliphatic heterocycles. The topological polar surface area (TPSA) is 24.6 Å². The van der Waals surface area contributed by atoms with Gasteiger partial charge in [-0.25, -0.2) is 6.57 Å². The Hall–Kier alpha value is -1.33. The van der Waals surface area contributed by atoms with Gasteiger partial charge in [-0.1, -0.05) is 18.2 Å². The number of aliphatic hydroxyl groups excluding tert-OH is 1. The van der Waals surface area contributed by atoms with Gasteiger partial charge in [-0.3, -0.25) is 0 Å². The largest absolute Gasteiger partial charge is 0.392 e.